The number of hydrogen-bond donors (Lipinski definition) is 2. The first-order chi connectivity index (χ1) is 10.2. The molecule has 1 aromatic rings. The molecule has 0 bridgehead atoms. The molecule has 10 heteroatoms. The Bertz CT molecular complexity index is 678. The van der Waals surface area contributed by atoms with Crippen molar-refractivity contribution in [2.45, 2.75) is 25.2 Å². The summed E-state index contributed by atoms with van der Waals surface area (Å²) in [5.74, 6) is -0.424. The topological polar surface area (TPSA) is 131 Å². The van der Waals surface area contributed by atoms with Crippen molar-refractivity contribution in [2.75, 3.05) is 6.54 Å². The maximum atomic E-state index is 11.9. The van der Waals surface area contributed by atoms with Gasteiger partial charge in [-0.05, 0) is 26.0 Å². The van der Waals surface area contributed by atoms with Gasteiger partial charge in [0.05, 0.1) is 9.82 Å². The Hall–Kier alpha value is -2.33. The Morgan fingerprint density at radius 3 is 2.36 bits per heavy atom. The Morgan fingerprint density at radius 2 is 1.86 bits per heavy atom. The van der Waals surface area contributed by atoms with E-state index in [9.17, 15) is 23.3 Å². The lowest BCUT2D eigenvalue weighted by Gasteiger charge is -2.06. The summed E-state index contributed by atoms with van der Waals surface area (Å²) >= 11 is 0. The van der Waals surface area contributed by atoms with Gasteiger partial charge in [-0.3, -0.25) is 14.9 Å². The number of rotatable bonds is 7. The zero-order valence-electron chi connectivity index (χ0n) is 12.1. The highest BCUT2D eigenvalue weighted by Gasteiger charge is 2.15. The Labute approximate surface area is 127 Å². The number of amides is 1. The fourth-order valence-corrected chi connectivity index (χ4v) is 2.39. The number of sulfonamides is 1. The van der Waals surface area contributed by atoms with Crippen molar-refractivity contribution in [3.8, 4) is 0 Å². The molecule has 0 saturated carbocycles. The van der Waals surface area contributed by atoms with Crippen LogP contribution in [0.5, 0.6) is 0 Å². The van der Waals surface area contributed by atoms with Crippen molar-refractivity contribution in [3.05, 3.63) is 34.4 Å². The standard InChI is InChI=1S/C12H16N4O5S/c1-9(2)14-15-12(17)7-8-13-22(20,21)11-5-3-10(4-6-11)16(18)19/h3-6,13H,7-8H2,1-2H3,(H,15,17). The van der Waals surface area contributed by atoms with Crippen LogP contribution < -0.4 is 10.1 Å². The first-order valence-corrected chi connectivity index (χ1v) is 7.74. The molecule has 0 fully saturated rings. The van der Waals surface area contributed by atoms with E-state index in [1.807, 2.05) is 0 Å². The number of hydrazone groups is 1. The van der Waals surface area contributed by atoms with Crippen LogP contribution >= 0.6 is 0 Å². The smallest absolute Gasteiger partial charge is 0.269 e. The summed E-state index contributed by atoms with van der Waals surface area (Å²) < 4.78 is 26.1. The van der Waals surface area contributed by atoms with Crippen molar-refractivity contribution in [1.29, 1.82) is 0 Å². The lowest BCUT2D eigenvalue weighted by atomic mass is 10.3. The average Bonchev–Trinajstić information content (AvgIpc) is 2.45. The molecule has 22 heavy (non-hydrogen) atoms. The summed E-state index contributed by atoms with van der Waals surface area (Å²) in [6, 6.07) is 4.45. The van der Waals surface area contributed by atoms with E-state index in [1.165, 1.54) is 0 Å². The molecule has 9 nitrogen and oxygen atoms in total. The predicted molar refractivity (Wildman–Crippen MR) is 79.8 cm³/mol. The lowest BCUT2D eigenvalue weighted by Crippen LogP contribution is -2.29. The van der Waals surface area contributed by atoms with Gasteiger partial charge in [-0.1, -0.05) is 0 Å². The van der Waals surface area contributed by atoms with Crippen LogP contribution in [0, 0.1) is 10.1 Å². The van der Waals surface area contributed by atoms with Gasteiger partial charge in [0.2, 0.25) is 15.9 Å². The fraction of sp³-hybridized carbons (Fsp3) is 0.333. The van der Waals surface area contributed by atoms with E-state index in [1.54, 1.807) is 13.8 Å². The largest absolute Gasteiger partial charge is 0.273 e. The van der Waals surface area contributed by atoms with Crippen molar-refractivity contribution < 1.29 is 18.1 Å². The van der Waals surface area contributed by atoms with Crippen LogP contribution in [0.4, 0.5) is 5.69 Å². The van der Waals surface area contributed by atoms with E-state index in [0.717, 1.165) is 24.3 Å². The average molecular weight is 328 g/mol. The van der Waals surface area contributed by atoms with Crippen molar-refractivity contribution >= 4 is 27.3 Å². The van der Waals surface area contributed by atoms with E-state index >= 15 is 0 Å². The molecular weight excluding hydrogens is 312 g/mol. The molecule has 1 aromatic carbocycles. The van der Waals surface area contributed by atoms with Gasteiger partial charge in [0.15, 0.2) is 0 Å². The molecule has 0 heterocycles. The monoisotopic (exact) mass is 328 g/mol. The molecule has 0 aliphatic heterocycles. The van der Waals surface area contributed by atoms with Crippen LogP contribution in [0.3, 0.4) is 0 Å². The first-order valence-electron chi connectivity index (χ1n) is 6.26. The molecule has 0 unspecified atom stereocenters. The van der Waals surface area contributed by atoms with Crippen LogP contribution in [0.1, 0.15) is 20.3 Å². The third kappa shape index (κ3) is 5.58. The zero-order chi connectivity index (χ0) is 16.8. The van der Waals surface area contributed by atoms with Gasteiger partial charge in [-0.25, -0.2) is 18.6 Å². The second-order valence-electron chi connectivity index (χ2n) is 4.49. The number of hydrogen-bond acceptors (Lipinski definition) is 6. The normalized spacial score (nSPS) is 10.8. The number of nitro benzene ring substituents is 1. The van der Waals surface area contributed by atoms with Gasteiger partial charge in [-0.15, -0.1) is 0 Å². The molecule has 0 radical (unpaired) electrons. The molecule has 0 saturated heterocycles. The number of non-ortho nitro benzene ring substituents is 1. The molecule has 0 aromatic heterocycles. The molecule has 0 atom stereocenters. The van der Waals surface area contributed by atoms with Crippen molar-refractivity contribution in [2.24, 2.45) is 5.10 Å². The summed E-state index contributed by atoms with van der Waals surface area (Å²) in [6.45, 7) is 3.30. The minimum Gasteiger partial charge on any atom is -0.273 e. The molecular formula is C12H16N4O5S. The highest BCUT2D eigenvalue weighted by Crippen LogP contribution is 2.15. The molecule has 1 rings (SSSR count). The highest BCUT2D eigenvalue weighted by molar-refractivity contribution is 7.89. The number of carbonyl (C=O) groups is 1. The van der Waals surface area contributed by atoms with E-state index in [2.05, 4.69) is 15.2 Å². The Kier molecular flexibility index (Phi) is 6.13. The van der Waals surface area contributed by atoms with Crippen molar-refractivity contribution in [3.63, 3.8) is 0 Å². The molecule has 0 aliphatic carbocycles. The number of benzene rings is 1. The second kappa shape index (κ2) is 7.61. The van der Waals surface area contributed by atoms with E-state index in [4.69, 9.17) is 0 Å². The summed E-state index contributed by atoms with van der Waals surface area (Å²) in [7, 11) is -3.82. The summed E-state index contributed by atoms with van der Waals surface area (Å²) in [5.41, 5.74) is 2.73. The molecule has 0 aliphatic rings. The molecule has 120 valence electrons. The third-order valence-corrected chi connectivity index (χ3v) is 3.88. The van der Waals surface area contributed by atoms with Crippen LogP contribution in [0.2, 0.25) is 0 Å². The van der Waals surface area contributed by atoms with Crippen LogP contribution in [0.25, 0.3) is 0 Å². The van der Waals surface area contributed by atoms with Crippen LogP contribution in [-0.4, -0.2) is 31.5 Å². The molecule has 2 N–H and O–H groups in total. The van der Waals surface area contributed by atoms with Gasteiger partial charge in [0, 0.05) is 30.8 Å². The van der Waals surface area contributed by atoms with E-state index < -0.39 is 20.9 Å². The predicted octanol–water partition coefficient (Wildman–Crippen LogP) is 0.775. The SMILES string of the molecule is CC(C)=NNC(=O)CCNS(=O)(=O)c1ccc([N+](=O)[O-])cc1. The first kappa shape index (κ1) is 17.7. The highest BCUT2D eigenvalue weighted by atomic mass is 32.2. The van der Waals surface area contributed by atoms with Gasteiger partial charge >= 0.3 is 0 Å². The van der Waals surface area contributed by atoms with E-state index in [-0.39, 0.29) is 23.5 Å². The minimum atomic E-state index is -3.82. The van der Waals surface area contributed by atoms with Crippen LogP contribution in [-0.2, 0) is 14.8 Å². The molecule has 1 amide bonds. The van der Waals surface area contributed by atoms with Gasteiger partial charge in [0.1, 0.15) is 0 Å². The fourth-order valence-electron chi connectivity index (χ4n) is 1.36. The number of carbonyl (C=O) groups excluding carboxylic acids is 1. The third-order valence-electron chi connectivity index (χ3n) is 2.41. The maximum absolute atomic E-state index is 11.9. The Morgan fingerprint density at radius 1 is 1.27 bits per heavy atom. The quantitative estimate of drug-likeness (QED) is 0.434. The molecule has 0 spiro atoms. The van der Waals surface area contributed by atoms with Crippen molar-refractivity contribution in [1.82, 2.24) is 10.1 Å². The lowest BCUT2D eigenvalue weighted by molar-refractivity contribution is -0.384. The van der Waals surface area contributed by atoms with Gasteiger partial charge < -0.3 is 0 Å². The summed E-state index contributed by atoms with van der Waals surface area (Å²) in [5, 5.41) is 14.2. The Balaban J connectivity index is 2.59. The summed E-state index contributed by atoms with van der Waals surface area (Å²) in [6.07, 6.45) is -0.0804. The maximum Gasteiger partial charge on any atom is 0.269 e. The zero-order valence-corrected chi connectivity index (χ0v) is 12.9. The number of nitrogens with zero attached hydrogens (tertiary/aromatic N) is 2. The number of nitro groups is 1. The minimum absolute atomic E-state index is 0.0804. The van der Waals surface area contributed by atoms with Crippen LogP contribution in [0.15, 0.2) is 34.3 Å². The second-order valence-corrected chi connectivity index (χ2v) is 6.26. The van der Waals surface area contributed by atoms with Gasteiger partial charge in [0.25, 0.3) is 5.69 Å². The van der Waals surface area contributed by atoms with E-state index in [0.29, 0.717) is 5.71 Å². The summed E-state index contributed by atoms with van der Waals surface area (Å²) in [4.78, 5) is 21.1. The number of nitrogens with one attached hydrogen (secondary N) is 2. The van der Waals surface area contributed by atoms with Gasteiger partial charge in [-0.2, -0.15) is 5.10 Å².